The van der Waals surface area contributed by atoms with Crippen molar-refractivity contribution in [3.05, 3.63) is 24.3 Å². The molecule has 0 aromatic heterocycles. The van der Waals surface area contributed by atoms with Crippen LogP contribution in [0.4, 0.5) is 11.4 Å². The summed E-state index contributed by atoms with van der Waals surface area (Å²) in [6, 6.07) is 7.84. The molecule has 3 rings (SSSR count). The average Bonchev–Trinajstić information content (AvgIpc) is 3.12. The van der Waals surface area contributed by atoms with Gasteiger partial charge in [0.15, 0.2) is 0 Å². The highest BCUT2D eigenvalue weighted by Gasteiger charge is 2.28. The summed E-state index contributed by atoms with van der Waals surface area (Å²) in [6.45, 7) is 7.67. The van der Waals surface area contributed by atoms with E-state index in [1.165, 1.54) is 18.7 Å². The van der Waals surface area contributed by atoms with Crippen molar-refractivity contribution >= 4 is 21.4 Å². The minimum atomic E-state index is -3.23. The molecule has 0 unspecified atom stereocenters. The molecule has 2 aliphatic rings. The van der Waals surface area contributed by atoms with E-state index in [4.69, 9.17) is 0 Å². The molecule has 1 saturated heterocycles. The predicted molar refractivity (Wildman–Crippen MR) is 100 cm³/mol. The molecule has 1 aliphatic heterocycles. The van der Waals surface area contributed by atoms with Crippen LogP contribution in [0.1, 0.15) is 39.0 Å². The number of rotatable bonds is 6. The molecule has 1 saturated carbocycles. The highest BCUT2D eigenvalue weighted by Crippen LogP contribution is 2.27. The zero-order valence-electron chi connectivity index (χ0n) is 14.6. The summed E-state index contributed by atoms with van der Waals surface area (Å²) < 4.78 is 27.5. The molecule has 0 amide bonds. The van der Waals surface area contributed by atoms with E-state index >= 15 is 0 Å². The van der Waals surface area contributed by atoms with Crippen LogP contribution in [0.15, 0.2) is 24.3 Å². The molecule has 134 valence electrons. The van der Waals surface area contributed by atoms with Crippen molar-refractivity contribution in [3.63, 3.8) is 0 Å². The predicted octanol–water partition coefficient (Wildman–Crippen LogP) is 2.90. The van der Waals surface area contributed by atoms with Gasteiger partial charge in [0.25, 0.3) is 0 Å². The number of hydrogen-bond donors (Lipinski definition) is 1. The molecular weight excluding hydrogens is 322 g/mol. The van der Waals surface area contributed by atoms with Crippen LogP contribution >= 0.6 is 0 Å². The third-order valence-corrected chi connectivity index (χ3v) is 7.02. The molecule has 1 aromatic rings. The molecule has 1 aliphatic carbocycles. The molecule has 0 atom stereocenters. The van der Waals surface area contributed by atoms with E-state index in [0.717, 1.165) is 51.9 Å². The first-order valence-corrected chi connectivity index (χ1v) is 10.7. The quantitative estimate of drug-likeness (QED) is 0.856. The number of sulfonamides is 1. The fourth-order valence-electron chi connectivity index (χ4n) is 3.73. The molecule has 1 N–H and O–H groups in total. The van der Waals surface area contributed by atoms with Gasteiger partial charge in [0.2, 0.25) is 10.0 Å². The number of piperazine rings is 1. The van der Waals surface area contributed by atoms with E-state index in [2.05, 4.69) is 21.4 Å². The molecule has 5 nitrogen and oxygen atoms in total. The van der Waals surface area contributed by atoms with Crippen LogP contribution < -0.4 is 9.62 Å². The van der Waals surface area contributed by atoms with Crippen molar-refractivity contribution in [1.29, 1.82) is 0 Å². The Morgan fingerprint density at radius 1 is 1.04 bits per heavy atom. The second-order valence-corrected chi connectivity index (χ2v) is 8.89. The van der Waals surface area contributed by atoms with Gasteiger partial charge in [-0.25, -0.2) is 8.42 Å². The van der Waals surface area contributed by atoms with Crippen LogP contribution in [0.2, 0.25) is 0 Å². The Morgan fingerprint density at radius 3 is 2.25 bits per heavy atom. The SMILES string of the molecule is CCCN1CCN(c2ccc(NS(=O)(=O)C3CCCC3)cc2)CC1. The van der Waals surface area contributed by atoms with Crippen molar-refractivity contribution in [1.82, 2.24) is 4.90 Å². The average molecular weight is 352 g/mol. The number of anilines is 2. The Balaban J connectivity index is 1.58. The maximum Gasteiger partial charge on any atom is 0.235 e. The van der Waals surface area contributed by atoms with Crippen LogP contribution in [0.5, 0.6) is 0 Å². The van der Waals surface area contributed by atoms with Crippen molar-refractivity contribution in [2.24, 2.45) is 0 Å². The maximum atomic E-state index is 12.4. The van der Waals surface area contributed by atoms with E-state index in [-0.39, 0.29) is 5.25 Å². The standard InChI is InChI=1S/C18H29N3O2S/c1-2-11-20-12-14-21(15-13-20)17-9-7-16(8-10-17)19-24(22,23)18-5-3-4-6-18/h7-10,18-19H,2-6,11-15H2,1H3. The van der Waals surface area contributed by atoms with Crippen molar-refractivity contribution < 1.29 is 8.42 Å². The Labute approximate surface area is 146 Å². The lowest BCUT2D eigenvalue weighted by Crippen LogP contribution is -2.46. The van der Waals surface area contributed by atoms with Gasteiger partial charge in [-0.15, -0.1) is 0 Å². The van der Waals surface area contributed by atoms with Crippen LogP contribution in [0.25, 0.3) is 0 Å². The summed E-state index contributed by atoms with van der Waals surface area (Å²) in [5.74, 6) is 0. The number of nitrogens with zero attached hydrogens (tertiary/aromatic N) is 2. The first-order chi connectivity index (χ1) is 11.6. The van der Waals surface area contributed by atoms with Gasteiger partial charge in [-0.05, 0) is 50.1 Å². The lowest BCUT2D eigenvalue weighted by Gasteiger charge is -2.36. The molecule has 2 fully saturated rings. The highest BCUT2D eigenvalue weighted by molar-refractivity contribution is 7.93. The normalized spacial score (nSPS) is 20.5. The van der Waals surface area contributed by atoms with Gasteiger partial charge in [-0.3, -0.25) is 9.62 Å². The monoisotopic (exact) mass is 351 g/mol. The molecule has 24 heavy (non-hydrogen) atoms. The maximum absolute atomic E-state index is 12.4. The van der Waals surface area contributed by atoms with Gasteiger partial charge in [0.05, 0.1) is 5.25 Å². The first-order valence-electron chi connectivity index (χ1n) is 9.17. The molecular formula is C18H29N3O2S. The van der Waals surface area contributed by atoms with Gasteiger partial charge in [0, 0.05) is 37.6 Å². The number of nitrogens with one attached hydrogen (secondary N) is 1. The Kier molecular flexibility index (Phi) is 5.66. The molecule has 1 heterocycles. The van der Waals surface area contributed by atoms with E-state index in [1.54, 1.807) is 0 Å². The van der Waals surface area contributed by atoms with Crippen LogP contribution in [-0.2, 0) is 10.0 Å². The number of hydrogen-bond acceptors (Lipinski definition) is 4. The van der Waals surface area contributed by atoms with Crippen molar-refractivity contribution in [2.75, 3.05) is 42.3 Å². The molecule has 1 aromatic carbocycles. The fourth-order valence-corrected chi connectivity index (χ4v) is 5.32. The van der Waals surface area contributed by atoms with Crippen LogP contribution in [0.3, 0.4) is 0 Å². The molecule has 0 spiro atoms. The lowest BCUT2D eigenvalue weighted by molar-refractivity contribution is 0.258. The first kappa shape index (κ1) is 17.5. The topological polar surface area (TPSA) is 52.6 Å². The fraction of sp³-hybridized carbons (Fsp3) is 0.667. The lowest BCUT2D eigenvalue weighted by atomic mass is 10.2. The Bertz CT molecular complexity index is 616. The second kappa shape index (κ2) is 7.74. The largest absolute Gasteiger partial charge is 0.369 e. The minimum absolute atomic E-state index is 0.219. The Morgan fingerprint density at radius 2 is 1.67 bits per heavy atom. The summed E-state index contributed by atoms with van der Waals surface area (Å²) in [4.78, 5) is 4.88. The van der Waals surface area contributed by atoms with Gasteiger partial charge in [0.1, 0.15) is 0 Å². The summed E-state index contributed by atoms with van der Waals surface area (Å²) in [5, 5.41) is -0.219. The van der Waals surface area contributed by atoms with Crippen molar-refractivity contribution in [2.45, 2.75) is 44.3 Å². The molecule has 6 heteroatoms. The second-order valence-electron chi connectivity index (χ2n) is 6.93. The van der Waals surface area contributed by atoms with E-state index in [0.29, 0.717) is 5.69 Å². The third kappa shape index (κ3) is 4.22. The van der Waals surface area contributed by atoms with Crippen LogP contribution in [0, 0.1) is 0 Å². The summed E-state index contributed by atoms with van der Waals surface area (Å²) in [5.41, 5.74) is 1.85. The van der Waals surface area contributed by atoms with Gasteiger partial charge >= 0.3 is 0 Å². The summed E-state index contributed by atoms with van der Waals surface area (Å²) in [6.07, 6.45) is 4.82. The van der Waals surface area contributed by atoms with Gasteiger partial charge < -0.3 is 4.90 Å². The van der Waals surface area contributed by atoms with Crippen LogP contribution in [-0.4, -0.2) is 51.3 Å². The van der Waals surface area contributed by atoms with Crippen molar-refractivity contribution in [3.8, 4) is 0 Å². The van der Waals surface area contributed by atoms with E-state index in [9.17, 15) is 8.42 Å². The smallest absolute Gasteiger partial charge is 0.235 e. The Hall–Kier alpha value is -1.27. The van der Waals surface area contributed by atoms with E-state index < -0.39 is 10.0 Å². The number of benzene rings is 1. The zero-order chi connectivity index (χ0) is 17.0. The zero-order valence-corrected chi connectivity index (χ0v) is 15.4. The van der Waals surface area contributed by atoms with Gasteiger partial charge in [-0.1, -0.05) is 19.8 Å². The highest BCUT2D eigenvalue weighted by atomic mass is 32.2. The summed E-state index contributed by atoms with van der Waals surface area (Å²) in [7, 11) is -3.23. The minimum Gasteiger partial charge on any atom is -0.369 e. The van der Waals surface area contributed by atoms with Gasteiger partial charge in [-0.2, -0.15) is 0 Å². The third-order valence-electron chi connectivity index (χ3n) is 5.15. The van der Waals surface area contributed by atoms with E-state index in [1.807, 2.05) is 24.3 Å². The molecule has 0 bridgehead atoms. The summed E-state index contributed by atoms with van der Waals surface area (Å²) >= 11 is 0. The molecule has 0 radical (unpaired) electrons.